The van der Waals surface area contributed by atoms with Gasteiger partial charge in [-0.15, -0.1) is 0 Å². The van der Waals surface area contributed by atoms with Gasteiger partial charge in [0.25, 0.3) is 5.56 Å². The normalized spacial score (nSPS) is 11.5. The van der Waals surface area contributed by atoms with Gasteiger partial charge in [-0.25, -0.2) is 13.8 Å². The minimum absolute atomic E-state index is 0.126. The number of halogens is 5. The van der Waals surface area contributed by atoms with E-state index < -0.39 is 40.2 Å². The average molecular weight is 428 g/mol. The summed E-state index contributed by atoms with van der Waals surface area (Å²) in [6.45, 7) is 0. The van der Waals surface area contributed by atoms with Crippen LogP contribution in [0.1, 0.15) is 11.3 Å². The van der Waals surface area contributed by atoms with Gasteiger partial charge in [-0.3, -0.25) is 4.79 Å². The summed E-state index contributed by atoms with van der Waals surface area (Å²) < 4.78 is 68.7. The lowest BCUT2D eigenvalue weighted by atomic mass is 10.0. The van der Waals surface area contributed by atoms with Gasteiger partial charge < -0.3 is 0 Å². The molecule has 0 N–H and O–H groups in total. The first-order valence-electron chi connectivity index (χ1n) is 8.65. The van der Waals surface area contributed by atoms with E-state index in [0.717, 1.165) is 24.3 Å². The first kappa shape index (κ1) is 20.2. The predicted molar refractivity (Wildman–Crippen MR) is 99.8 cm³/mol. The topological polar surface area (TPSA) is 71.0 Å². The lowest BCUT2D eigenvalue weighted by molar-refractivity contribution is -0.141. The Balaban J connectivity index is 2.00. The van der Waals surface area contributed by atoms with Gasteiger partial charge in [0.05, 0.1) is 17.3 Å². The average Bonchev–Trinajstić information content (AvgIpc) is 2.72. The van der Waals surface area contributed by atoms with Crippen LogP contribution in [-0.4, -0.2) is 14.6 Å². The minimum Gasteiger partial charge on any atom is -0.267 e. The van der Waals surface area contributed by atoms with Gasteiger partial charge in [0.2, 0.25) is 0 Å². The van der Waals surface area contributed by atoms with Gasteiger partial charge >= 0.3 is 6.18 Å². The number of benzene rings is 2. The summed E-state index contributed by atoms with van der Waals surface area (Å²) in [4.78, 5) is 16.6. The van der Waals surface area contributed by atoms with Gasteiger partial charge in [-0.2, -0.15) is 28.0 Å². The lowest BCUT2D eigenvalue weighted by Gasteiger charge is -2.14. The van der Waals surface area contributed by atoms with Crippen LogP contribution in [-0.2, 0) is 6.18 Å². The molecule has 5 nitrogen and oxygen atoms in total. The molecule has 2 heterocycles. The third kappa shape index (κ3) is 3.73. The van der Waals surface area contributed by atoms with Crippen LogP contribution < -0.4 is 5.56 Å². The molecule has 0 bridgehead atoms. The van der Waals surface area contributed by atoms with Crippen LogP contribution in [0.15, 0.2) is 59.4 Å². The van der Waals surface area contributed by atoms with Crippen molar-refractivity contribution in [1.29, 1.82) is 5.26 Å². The van der Waals surface area contributed by atoms with E-state index in [4.69, 9.17) is 5.26 Å². The number of alkyl halides is 3. The molecule has 0 fully saturated rings. The summed E-state index contributed by atoms with van der Waals surface area (Å²) >= 11 is 0. The van der Waals surface area contributed by atoms with E-state index in [9.17, 15) is 26.7 Å². The van der Waals surface area contributed by atoms with Crippen LogP contribution in [0, 0.1) is 23.0 Å². The highest BCUT2D eigenvalue weighted by Crippen LogP contribution is 2.37. The van der Waals surface area contributed by atoms with E-state index in [1.165, 1.54) is 24.3 Å². The Morgan fingerprint density at radius 3 is 2.26 bits per heavy atom. The van der Waals surface area contributed by atoms with Crippen molar-refractivity contribution in [2.24, 2.45) is 0 Å². The number of nitriles is 1. The molecule has 0 amide bonds. The zero-order chi connectivity index (χ0) is 22.3. The summed E-state index contributed by atoms with van der Waals surface area (Å²) in [5.41, 5.74) is -2.96. The predicted octanol–water partition coefficient (Wildman–Crippen LogP) is 4.59. The largest absolute Gasteiger partial charge is 0.435 e. The molecule has 0 unspecified atom stereocenters. The summed E-state index contributed by atoms with van der Waals surface area (Å²) in [5.74, 6) is -2.18. The summed E-state index contributed by atoms with van der Waals surface area (Å²) in [5, 5.41) is 12.2. The number of hydrogen-bond acceptors (Lipinski definition) is 4. The number of aromatic nitrogens is 3. The van der Waals surface area contributed by atoms with E-state index in [1.807, 2.05) is 6.07 Å². The van der Waals surface area contributed by atoms with Crippen LogP contribution in [0.5, 0.6) is 0 Å². The quantitative estimate of drug-likeness (QED) is 0.438. The maximum atomic E-state index is 14.2. The van der Waals surface area contributed by atoms with Crippen molar-refractivity contribution < 1.29 is 22.0 Å². The van der Waals surface area contributed by atoms with E-state index in [2.05, 4.69) is 10.1 Å². The van der Waals surface area contributed by atoms with Gasteiger partial charge in [0.1, 0.15) is 11.6 Å². The Bertz CT molecular complexity index is 1420. The highest BCUT2D eigenvalue weighted by molar-refractivity contribution is 5.71. The van der Waals surface area contributed by atoms with E-state index in [1.54, 1.807) is 0 Å². The first-order chi connectivity index (χ1) is 14.7. The second kappa shape index (κ2) is 7.28. The number of nitrogens with zero attached hydrogens (tertiary/aromatic N) is 4. The second-order valence-electron chi connectivity index (χ2n) is 6.47. The zero-order valence-corrected chi connectivity index (χ0v) is 15.3. The van der Waals surface area contributed by atoms with Crippen LogP contribution in [0.2, 0.25) is 0 Å². The van der Waals surface area contributed by atoms with Crippen molar-refractivity contribution in [1.82, 2.24) is 14.6 Å². The van der Waals surface area contributed by atoms with Crippen molar-refractivity contribution >= 4 is 5.65 Å². The molecule has 0 saturated carbocycles. The fourth-order valence-corrected chi connectivity index (χ4v) is 3.03. The van der Waals surface area contributed by atoms with Gasteiger partial charge in [-0.05, 0) is 30.3 Å². The minimum atomic E-state index is -5.02. The maximum absolute atomic E-state index is 14.2. The van der Waals surface area contributed by atoms with Crippen LogP contribution in [0.4, 0.5) is 22.0 Å². The molecular formula is C21H9F5N4O. The van der Waals surface area contributed by atoms with E-state index >= 15 is 0 Å². The van der Waals surface area contributed by atoms with Gasteiger partial charge in [0, 0.05) is 28.8 Å². The summed E-state index contributed by atoms with van der Waals surface area (Å²) in [7, 11) is 0. The van der Waals surface area contributed by atoms with Crippen molar-refractivity contribution in [2.75, 3.05) is 0 Å². The van der Waals surface area contributed by atoms with Crippen LogP contribution >= 0.6 is 0 Å². The number of hydrogen-bond donors (Lipinski definition) is 0. The SMILES string of the molecule is N#Cc1ccc(-c2cc(=O)n3nc(C(F)(F)F)c(-c4ccc(F)cc4F)cc3n2)cc1. The monoisotopic (exact) mass is 428 g/mol. The second-order valence-corrected chi connectivity index (χ2v) is 6.47. The molecule has 0 aliphatic rings. The number of rotatable bonds is 2. The van der Waals surface area contributed by atoms with E-state index in [0.29, 0.717) is 21.7 Å². The highest BCUT2D eigenvalue weighted by atomic mass is 19.4. The summed E-state index contributed by atoms with van der Waals surface area (Å²) in [6, 6.07) is 12.0. The Morgan fingerprint density at radius 1 is 0.935 bits per heavy atom. The van der Waals surface area contributed by atoms with Crippen LogP contribution in [0.3, 0.4) is 0 Å². The maximum Gasteiger partial charge on any atom is 0.435 e. The molecule has 0 spiro atoms. The first-order valence-corrected chi connectivity index (χ1v) is 8.65. The Labute approximate surface area is 170 Å². The molecule has 2 aromatic carbocycles. The molecule has 0 radical (unpaired) electrons. The molecule has 0 aliphatic carbocycles. The third-order valence-corrected chi connectivity index (χ3v) is 4.45. The summed E-state index contributed by atoms with van der Waals surface area (Å²) in [6.07, 6.45) is -5.02. The molecule has 0 atom stereocenters. The fourth-order valence-electron chi connectivity index (χ4n) is 3.03. The van der Waals surface area contributed by atoms with Gasteiger partial charge in [-0.1, -0.05) is 12.1 Å². The van der Waals surface area contributed by atoms with Crippen molar-refractivity contribution in [3.63, 3.8) is 0 Å². The van der Waals surface area contributed by atoms with Crippen molar-refractivity contribution in [2.45, 2.75) is 6.18 Å². The molecule has 4 rings (SSSR count). The van der Waals surface area contributed by atoms with Crippen molar-refractivity contribution in [3.8, 4) is 28.5 Å². The molecule has 4 aromatic rings. The van der Waals surface area contributed by atoms with Gasteiger partial charge in [0.15, 0.2) is 11.3 Å². The Hall–Kier alpha value is -4.13. The molecular weight excluding hydrogens is 419 g/mol. The molecule has 10 heteroatoms. The molecule has 154 valence electrons. The fraction of sp³-hybridized carbons (Fsp3) is 0.0476. The Kier molecular flexibility index (Phi) is 4.74. The Morgan fingerprint density at radius 2 is 1.65 bits per heavy atom. The highest BCUT2D eigenvalue weighted by Gasteiger charge is 2.37. The van der Waals surface area contributed by atoms with Crippen molar-refractivity contribution in [3.05, 3.63) is 87.8 Å². The van der Waals surface area contributed by atoms with E-state index in [-0.39, 0.29) is 11.3 Å². The smallest absolute Gasteiger partial charge is 0.267 e. The number of fused-ring (bicyclic) bond motifs is 1. The lowest BCUT2D eigenvalue weighted by Crippen LogP contribution is -2.22. The molecule has 31 heavy (non-hydrogen) atoms. The molecule has 2 aromatic heterocycles. The van der Waals surface area contributed by atoms with Crippen LogP contribution in [0.25, 0.3) is 28.0 Å². The molecule has 0 aliphatic heterocycles. The zero-order valence-electron chi connectivity index (χ0n) is 15.3. The molecule has 0 saturated heterocycles. The standard InChI is InChI=1S/C21H9F5N4O/c22-13-5-6-14(16(23)7-13)15-8-18-28-17(12-3-1-11(10-27)2-4-12)9-19(31)30(18)29-20(15)21(24,25)26/h1-9H. The third-order valence-electron chi connectivity index (χ3n) is 4.45.